The average molecular weight is 685 g/mol. The Bertz CT molecular complexity index is 2010. The number of nitrogens with one attached hydrogen (secondary N) is 4. The Balaban J connectivity index is 1.38. The maximum absolute atomic E-state index is 14.3. The Kier molecular flexibility index (Phi) is 9.14. The van der Waals surface area contributed by atoms with Gasteiger partial charge in [0, 0.05) is 90.4 Å². The van der Waals surface area contributed by atoms with Crippen molar-refractivity contribution in [1.82, 2.24) is 15.5 Å². The van der Waals surface area contributed by atoms with E-state index in [0.717, 1.165) is 98.0 Å². The summed E-state index contributed by atoms with van der Waals surface area (Å²) >= 11 is 0. The predicted octanol–water partition coefficient (Wildman–Crippen LogP) is -0.278. The van der Waals surface area contributed by atoms with Crippen molar-refractivity contribution in [2.24, 2.45) is 0 Å². The molecule has 0 bridgehead atoms. The van der Waals surface area contributed by atoms with Crippen LogP contribution in [0, 0.1) is 0 Å². The molecule has 0 atom stereocenters. The highest BCUT2D eigenvalue weighted by Gasteiger charge is 2.37. The molecule has 14 nitrogen and oxygen atoms in total. The van der Waals surface area contributed by atoms with Crippen LogP contribution in [0.2, 0.25) is 0 Å². The van der Waals surface area contributed by atoms with Crippen molar-refractivity contribution in [3.8, 4) is 0 Å². The number of hydrogen-bond acceptors (Lipinski definition) is 9. The second-order valence-electron chi connectivity index (χ2n) is 13.5. The van der Waals surface area contributed by atoms with Gasteiger partial charge in [0.25, 0.3) is 0 Å². The molecule has 6 N–H and O–H groups in total. The smallest absolute Gasteiger partial charge is 0.243 e. The van der Waals surface area contributed by atoms with Crippen molar-refractivity contribution < 1.29 is 39.5 Å². The molecular weight excluding hydrogens is 644 g/mol. The monoisotopic (exact) mass is 684 g/mol. The largest absolute Gasteiger partial charge is 0.871 e. The third-order valence-corrected chi connectivity index (χ3v) is 10.4. The van der Waals surface area contributed by atoms with E-state index in [9.17, 15) is 29.1 Å². The minimum atomic E-state index is -0.706. The third-order valence-electron chi connectivity index (χ3n) is 10.4. The normalized spacial score (nSPS) is 18.5. The molecular formula is C36H40N6O8. The number of amides is 4. The van der Waals surface area contributed by atoms with Crippen LogP contribution < -0.4 is 46.8 Å². The topological polar surface area (TPSA) is 203 Å². The Morgan fingerprint density at radius 3 is 1.96 bits per heavy atom. The molecule has 4 heterocycles. The van der Waals surface area contributed by atoms with Crippen LogP contribution in [-0.4, -0.2) is 66.0 Å². The fraction of sp³-hybridized carbons (Fsp3) is 0.444. The second-order valence-corrected chi connectivity index (χ2v) is 13.5. The summed E-state index contributed by atoms with van der Waals surface area (Å²) in [6.07, 6.45) is 5.40. The first-order valence-electron chi connectivity index (χ1n) is 17.4. The standard InChI is InChI=1S/C36H40N6O8/c43-25(9-11-27(45)39-49)37-31-21-7-3-15-41-13-1-5-19(33(21)41)17-23(31)29-35(47)30(36(29)48)24-18-20-6-2-14-42-16-4-8-22(34(20)42)32(24)38-26(44)10-12-28(46)40-50/h17-18H,1-16H2,(H6,37,38,39,40,43,44,45,46,47,48,49,50). The maximum Gasteiger partial charge on any atom is 0.243 e. The highest BCUT2D eigenvalue weighted by molar-refractivity contribution is 6.52. The van der Waals surface area contributed by atoms with Crippen LogP contribution >= 0.6 is 0 Å². The summed E-state index contributed by atoms with van der Waals surface area (Å²) in [6.45, 7) is 3.47. The number of Topliss-reactive ketones (excluding diaryl/α,β-unsaturated/α-hetero) is 1. The van der Waals surface area contributed by atoms with Gasteiger partial charge in [-0.25, -0.2) is 15.5 Å². The first-order chi connectivity index (χ1) is 24.2. The van der Waals surface area contributed by atoms with Crippen LogP contribution in [0.1, 0.15) is 79.2 Å². The van der Waals surface area contributed by atoms with E-state index in [-0.39, 0.29) is 36.8 Å². The number of ketones is 1. The van der Waals surface area contributed by atoms with Crippen LogP contribution in [-0.2, 0) is 49.7 Å². The SMILES string of the molecule is O=C(CCC(=O)Nc1c(C2=C([O-])/C(=c3/cc4c5c(c3NC(=O)CCC(=O)NO)CCC[N+]=5CCC4)C2=O)cc2c3c1CCCN3CCC2)NO. The number of hydroxylamine groups is 2. The number of nitrogens with zero attached hydrogens (tertiary/aromatic N) is 2. The number of anilines is 3. The van der Waals surface area contributed by atoms with Crippen LogP contribution in [0.25, 0.3) is 11.1 Å². The summed E-state index contributed by atoms with van der Waals surface area (Å²) in [4.78, 5) is 66.2. The summed E-state index contributed by atoms with van der Waals surface area (Å²) in [5.41, 5.74) is 8.91. The fourth-order valence-corrected chi connectivity index (χ4v) is 8.25. The Morgan fingerprint density at radius 1 is 0.720 bits per heavy atom. The number of carbonyl (C=O) groups excluding carboxylic acids is 5. The molecule has 0 radical (unpaired) electrons. The van der Waals surface area contributed by atoms with Gasteiger partial charge < -0.3 is 20.6 Å². The number of rotatable bonds is 9. The van der Waals surface area contributed by atoms with Crippen LogP contribution in [0.4, 0.5) is 17.1 Å². The molecule has 1 aliphatic carbocycles. The van der Waals surface area contributed by atoms with Gasteiger partial charge in [0.15, 0.2) is 5.78 Å². The first kappa shape index (κ1) is 33.4. The van der Waals surface area contributed by atoms with Crippen molar-refractivity contribution in [1.29, 1.82) is 0 Å². The molecule has 50 heavy (non-hydrogen) atoms. The maximum atomic E-state index is 14.3. The van der Waals surface area contributed by atoms with E-state index in [1.165, 1.54) is 11.0 Å². The molecule has 0 spiro atoms. The van der Waals surface area contributed by atoms with Gasteiger partial charge in [-0.1, -0.05) is 5.76 Å². The quantitative estimate of drug-likeness (QED) is 0.117. The van der Waals surface area contributed by atoms with E-state index in [2.05, 4.69) is 20.1 Å². The van der Waals surface area contributed by atoms with E-state index in [1.807, 2.05) is 12.1 Å². The molecule has 2 aromatic carbocycles. The lowest BCUT2D eigenvalue weighted by atomic mass is 9.77. The predicted molar refractivity (Wildman–Crippen MR) is 180 cm³/mol. The molecule has 4 aliphatic heterocycles. The minimum absolute atomic E-state index is 0.0324. The third kappa shape index (κ3) is 5.92. The van der Waals surface area contributed by atoms with Gasteiger partial charge >= 0.3 is 0 Å². The average Bonchev–Trinajstić information content (AvgIpc) is 3.12. The molecule has 0 saturated heterocycles. The lowest BCUT2D eigenvalue weighted by molar-refractivity contribution is -0.292. The van der Waals surface area contributed by atoms with Gasteiger partial charge in [0.2, 0.25) is 29.0 Å². The molecule has 7 rings (SSSR count). The summed E-state index contributed by atoms with van der Waals surface area (Å²) < 4.78 is 2.28. The highest BCUT2D eigenvalue weighted by atomic mass is 16.5. The number of benzene rings is 2. The van der Waals surface area contributed by atoms with E-state index in [4.69, 9.17) is 10.4 Å². The van der Waals surface area contributed by atoms with E-state index < -0.39 is 35.2 Å². The van der Waals surface area contributed by atoms with Crippen molar-refractivity contribution in [2.45, 2.75) is 77.0 Å². The van der Waals surface area contributed by atoms with Gasteiger partial charge in [-0.05, 0) is 61.8 Å². The molecule has 0 unspecified atom stereocenters. The number of aryl methyl sites for hydroxylation is 2. The van der Waals surface area contributed by atoms with E-state index in [1.54, 1.807) is 0 Å². The highest BCUT2D eigenvalue weighted by Crippen LogP contribution is 2.47. The molecule has 262 valence electrons. The molecule has 4 amide bonds. The summed E-state index contributed by atoms with van der Waals surface area (Å²) in [5.74, 6) is -3.34. The second kappa shape index (κ2) is 13.7. The van der Waals surface area contributed by atoms with Crippen molar-refractivity contribution in [3.63, 3.8) is 0 Å². The van der Waals surface area contributed by atoms with Crippen LogP contribution in [0.5, 0.6) is 0 Å². The van der Waals surface area contributed by atoms with Gasteiger partial charge in [-0.2, -0.15) is 0 Å². The molecule has 2 aromatic rings. The summed E-state index contributed by atoms with van der Waals surface area (Å²) in [6, 6.07) is 3.69. The lowest BCUT2D eigenvalue weighted by Gasteiger charge is -2.40. The Labute approximate surface area is 287 Å². The zero-order chi connectivity index (χ0) is 35.1. The van der Waals surface area contributed by atoms with Crippen molar-refractivity contribution >= 4 is 57.6 Å². The Morgan fingerprint density at radius 2 is 1.30 bits per heavy atom. The van der Waals surface area contributed by atoms with Crippen molar-refractivity contribution in [3.05, 3.63) is 56.3 Å². The number of carbonyl (C=O) groups is 5. The Hall–Kier alpha value is -5.08. The van der Waals surface area contributed by atoms with E-state index >= 15 is 0 Å². The zero-order valence-electron chi connectivity index (χ0n) is 27.7. The van der Waals surface area contributed by atoms with Gasteiger partial charge in [-0.15, -0.1) is 0 Å². The number of allylic oxidation sites excluding steroid dienone is 2. The zero-order valence-corrected chi connectivity index (χ0v) is 27.7. The molecule has 0 aromatic heterocycles. The minimum Gasteiger partial charge on any atom is -0.871 e. The lowest BCUT2D eigenvalue weighted by Crippen LogP contribution is -2.46. The summed E-state index contributed by atoms with van der Waals surface area (Å²) in [5, 5.41) is 39.4. The van der Waals surface area contributed by atoms with Gasteiger partial charge in [-0.3, -0.25) is 34.4 Å². The molecule has 5 aliphatic rings. The fourth-order valence-electron chi connectivity index (χ4n) is 8.25. The van der Waals surface area contributed by atoms with Crippen LogP contribution in [0.3, 0.4) is 0 Å². The van der Waals surface area contributed by atoms with Crippen LogP contribution in [0.15, 0.2) is 17.9 Å². The molecule has 0 saturated carbocycles. The molecule has 0 fully saturated rings. The van der Waals surface area contributed by atoms with Gasteiger partial charge in [0.1, 0.15) is 13.1 Å². The molecule has 14 heteroatoms. The van der Waals surface area contributed by atoms with Gasteiger partial charge in [0.05, 0.1) is 11.4 Å². The van der Waals surface area contributed by atoms with E-state index in [0.29, 0.717) is 35.0 Å². The van der Waals surface area contributed by atoms with Crippen molar-refractivity contribution in [2.75, 3.05) is 41.7 Å². The first-order valence-corrected chi connectivity index (χ1v) is 17.4. The summed E-state index contributed by atoms with van der Waals surface area (Å²) in [7, 11) is 0. The number of hydrogen-bond donors (Lipinski definition) is 6.